The first kappa shape index (κ1) is 14.0. The third-order valence-corrected chi connectivity index (χ3v) is 4.07. The van der Waals surface area contributed by atoms with Gasteiger partial charge in [-0.25, -0.2) is 0 Å². The normalized spacial score (nSPS) is 12.4. The quantitative estimate of drug-likeness (QED) is 0.593. The third kappa shape index (κ3) is 3.13. The first-order chi connectivity index (χ1) is 8.59. The van der Waals surface area contributed by atoms with Crippen molar-refractivity contribution in [3.63, 3.8) is 0 Å². The zero-order valence-electron chi connectivity index (χ0n) is 9.34. The summed E-state index contributed by atoms with van der Waals surface area (Å²) in [5, 5.41) is 1.56. The van der Waals surface area contributed by atoms with Gasteiger partial charge in [0.25, 0.3) is 0 Å². The first-order valence-electron chi connectivity index (χ1n) is 5.41. The van der Waals surface area contributed by atoms with Crippen LogP contribution >= 0.6 is 46.4 Å². The Labute approximate surface area is 126 Å². The molecule has 0 heterocycles. The number of benzene rings is 2. The van der Waals surface area contributed by atoms with Crippen LogP contribution in [0.15, 0.2) is 42.5 Å². The van der Waals surface area contributed by atoms with Crippen LogP contribution in [0.25, 0.3) is 0 Å². The van der Waals surface area contributed by atoms with Gasteiger partial charge < -0.3 is 0 Å². The van der Waals surface area contributed by atoms with Gasteiger partial charge in [0.1, 0.15) is 0 Å². The summed E-state index contributed by atoms with van der Waals surface area (Å²) < 4.78 is 0. The highest BCUT2D eigenvalue weighted by Gasteiger charge is 2.17. The van der Waals surface area contributed by atoms with Crippen molar-refractivity contribution >= 4 is 46.4 Å². The number of rotatable bonds is 3. The molecule has 1 atom stereocenters. The van der Waals surface area contributed by atoms with E-state index in [1.54, 1.807) is 18.2 Å². The number of alkyl halides is 1. The van der Waals surface area contributed by atoms with E-state index < -0.39 is 0 Å². The summed E-state index contributed by atoms with van der Waals surface area (Å²) in [6.45, 7) is 0. The van der Waals surface area contributed by atoms with E-state index in [9.17, 15) is 0 Å². The molecule has 0 aliphatic rings. The molecule has 0 spiro atoms. The van der Waals surface area contributed by atoms with Crippen molar-refractivity contribution < 1.29 is 0 Å². The van der Waals surface area contributed by atoms with Crippen LogP contribution in [-0.4, -0.2) is 0 Å². The summed E-state index contributed by atoms with van der Waals surface area (Å²) in [7, 11) is 0. The van der Waals surface area contributed by atoms with E-state index in [4.69, 9.17) is 46.4 Å². The number of halogens is 4. The van der Waals surface area contributed by atoms with Crippen LogP contribution in [-0.2, 0) is 6.42 Å². The smallest absolute Gasteiger partial charge is 0.0655 e. The monoisotopic (exact) mass is 318 g/mol. The Morgan fingerprint density at radius 2 is 1.33 bits per heavy atom. The van der Waals surface area contributed by atoms with E-state index in [1.165, 1.54) is 0 Å². The molecule has 18 heavy (non-hydrogen) atoms. The van der Waals surface area contributed by atoms with Gasteiger partial charge in [-0.15, -0.1) is 11.6 Å². The SMILES string of the molecule is Clc1ccccc1CC(Cl)c1c(Cl)cccc1Cl. The van der Waals surface area contributed by atoms with Crippen molar-refractivity contribution in [1.29, 1.82) is 0 Å². The standard InChI is InChI=1S/C14H10Cl4/c15-10-5-2-1-4-9(10)8-13(18)14-11(16)6-3-7-12(14)17/h1-7,13H,8H2. The second kappa shape index (κ2) is 6.16. The Morgan fingerprint density at radius 3 is 1.94 bits per heavy atom. The molecule has 0 aliphatic heterocycles. The molecule has 0 nitrogen and oxygen atoms in total. The summed E-state index contributed by atoms with van der Waals surface area (Å²) in [6.07, 6.45) is 0.588. The molecule has 2 rings (SSSR count). The highest BCUT2D eigenvalue weighted by atomic mass is 35.5. The van der Waals surface area contributed by atoms with Gasteiger partial charge in [0, 0.05) is 20.6 Å². The molecular weight excluding hydrogens is 310 g/mol. The maximum absolute atomic E-state index is 6.40. The van der Waals surface area contributed by atoms with Crippen LogP contribution in [0.1, 0.15) is 16.5 Å². The maximum Gasteiger partial charge on any atom is 0.0655 e. The van der Waals surface area contributed by atoms with Gasteiger partial charge in [-0.1, -0.05) is 59.1 Å². The molecule has 0 saturated heterocycles. The molecule has 2 aromatic carbocycles. The van der Waals surface area contributed by atoms with Gasteiger partial charge in [0.05, 0.1) is 5.38 Å². The molecule has 94 valence electrons. The average Bonchev–Trinajstić information content (AvgIpc) is 2.32. The summed E-state index contributed by atoms with van der Waals surface area (Å²) in [4.78, 5) is 0. The van der Waals surface area contributed by atoms with Crippen LogP contribution in [0.5, 0.6) is 0 Å². The largest absolute Gasteiger partial charge is 0.117 e. The van der Waals surface area contributed by atoms with Gasteiger partial charge in [0.2, 0.25) is 0 Å². The third-order valence-electron chi connectivity index (χ3n) is 2.67. The molecule has 2 aromatic rings. The van der Waals surface area contributed by atoms with Gasteiger partial charge in [-0.05, 0) is 30.2 Å². The highest BCUT2D eigenvalue weighted by molar-refractivity contribution is 6.37. The fraction of sp³-hybridized carbons (Fsp3) is 0.143. The average molecular weight is 320 g/mol. The van der Waals surface area contributed by atoms with Crippen molar-refractivity contribution in [2.24, 2.45) is 0 Å². The Morgan fingerprint density at radius 1 is 0.778 bits per heavy atom. The molecule has 1 unspecified atom stereocenters. The first-order valence-corrected chi connectivity index (χ1v) is 6.98. The molecule has 0 amide bonds. The summed E-state index contributed by atoms with van der Waals surface area (Å²) in [5.74, 6) is 0. The van der Waals surface area contributed by atoms with Crippen LogP contribution < -0.4 is 0 Å². The van der Waals surface area contributed by atoms with Gasteiger partial charge >= 0.3 is 0 Å². The van der Waals surface area contributed by atoms with Crippen LogP contribution in [0.4, 0.5) is 0 Å². The molecule has 4 heteroatoms. The minimum Gasteiger partial charge on any atom is -0.117 e. The fourth-order valence-electron chi connectivity index (χ4n) is 1.77. The lowest BCUT2D eigenvalue weighted by Crippen LogP contribution is -1.98. The van der Waals surface area contributed by atoms with E-state index in [-0.39, 0.29) is 5.38 Å². The van der Waals surface area contributed by atoms with Gasteiger partial charge in [-0.2, -0.15) is 0 Å². The molecule has 0 fully saturated rings. The summed E-state index contributed by atoms with van der Waals surface area (Å²) in [6, 6.07) is 13.0. The topological polar surface area (TPSA) is 0 Å². The minimum atomic E-state index is -0.300. The molecule has 0 saturated carbocycles. The summed E-state index contributed by atoms with van der Waals surface area (Å²) >= 11 is 24.8. The Hall–Kier alpha value is -0.400. The maximum atomic E-state index is 6.40. The Balaban J connectivity index is 2.28. The zero-order chi connectivity index (χ0) is 13.1. The van der Waals surface area contributed by atoms with E-state index in [0.29, 0.717) is 21.5 Å². The summed E-state index contributed by atoms with van der Waals surface area (Å²) in [5.41, 5.74) is 1.73. The van der Waals surface area contributed by atoms with Crippen molar-refractivity contribution in [3.05, 3.63) is 68.7 Å². The molecule has 0 aromatic heterocycles. The van der Waals surface area contributed by atoms with Gasteiger partial charge in [0.15, 0.2) is 0 Å². The van der Waals surface area contributed by atoms with Crippen molar-refractivity contribution in [2.45, 2.75) is 11.8 Å². The second-order valence-corrected chi connectivity index (χ2v) is 5.65. The second-order valence-electron chi connectivity index (χ2n) is 3.90. The molecular formula is C14H10Cl4. The van der Waals surface area contributed by atoms with Crippen LogP contribution in [0.3, 0.4) is 0 Å². The number of hydrogen-bond donors (Lipinski definition) is 0. The van der Waals surface area contributed by atoms with Crippen LogP contribution in [0.2, 0.25) is 15.1 Å². The van der Waals surface area contributed by atoms with Gasteiger partial charge in [-0.3, -0.25) is 0 Å². The van der Waals surface area contributed by atoms with Crippen molar-refractivity contribution in [2.75, 3.05) is 0 Å². The Kier molecular flexibility index (Phi) is 4.80. The molecule has 0 N–H and O–H groups in total. The molecule has 0 radical (unpaired) electrons. The zero-order valence-corrected chi connectivity index (χ0v) is 12.4. The fourth-order valence-corrected chi connectivity index (χ4v) is 3.16. The number of hydrogen-bond acceptors (Lipinski definition) is 0. The lowest BCUT2D eigenvalue weighted by atomic mass is 10.0. The van der Waals surface area contributed by atoms with E-state index >= 15 is 0 Å². The highest BCUT2D eigenvalue weighted by Crippen LogP contribution is 2.36. The lowest BCUT2D eigenvalue weighted by Gasteiger charge is -2.14. The predicted molar refractivity (Wildman–Crippen MR) is 80.2 cm³/mol. The Bertz CT molecular complexity index is 531. The van der Waals surface area contributed by atoms with Crippen molar-refractivity contribution in [3.8, 4) is 0 Å². The lowest BCUT2D eigenvalue weighted by molar-refractivity contribution is 0.920. The molecule has 0 bridgehead atoms. The van der Waals surface area contributed by atoms with E-state index in [1.807, 2.05) is 24.3 Å². The minimum absolute atomic E-state index is 0.300. The van der Waals surface area contributed by atoms with E-state index in [0.717, 1.165) is 11.1 Å². The molecule has 0 aliphatic carbocycles. The predicted octanol–water partition coefficient (Wildman–Crippen LogP) is 6.17. The van der Waals surface area contributed by atoms with E-state index in [2.05, 4.69) is 0 Å². The van der Waals surface area contributed by atoms with Crippen LogP contribution in [0, 0.1) is 0 Å². The van der Waals surface area contributed by atoms with Crippen molar-refractivity contribution in [1.82, 2.24) is 0 Å².